The van der Waals surface area contributed by atoms with Crippen molar-refractivity contribution in [2.75, 3.05) is 13.6 Å². The summed E-state index contributed by atoms with van der Waals surface area (Å²) in [6.07, 6.45) is 0. The Morgan fingerprint density at radius 1 is 0.972 bits per heavy atom. The summed E-state index contributed by atoms with van der Waals surface area (Å²) < 4.78 is 28.5. The van der Waals surface area contributed by atoms with Crippen molar-refractivity contribution in [2.45, 2.75) is 50.7 Å². The maximum absolute atomic E-state index is 13.5. The molecule has 0 saturated heterocycles. The molecule has 3 aromatic carbocycles. The van der Waals surface area contributed by atoms with Crippen molar-refractivity contribution < 1.29 is 18.0 Å². The molecule has 3 aromatic rings. The van der Waals surface area contributed by atoms with Crippen LogP contribution in [0.4, 0.5) is 0 Å². The molecule has 0 heterocycles. The van der Waals surface area contributed by atoms with Gasteiger partial charge in [0.15, 0.2) is 0 Å². The number of nitrogens with one attached hydrogen (secondary N) is 1. The van der Waals surface area contributed by atoms with Crippen LogP contribution in [0, 0.1) is 0 Å². The lowest BCUT2D eigenvalue weighted by Crippen LogP contribution is -2.54. The van der Waals surface area contributed by atoms with Crippen molar-refractivity contribution >= 4 is 48.5 Å². The van der Waals surface area contributed by atoms with Crippen LogP contribution in [-0.2, 0) is 26.2 Å². The summed E-state index contributed by atoms with van der Waals surface area (Å²) in [7, 11) is -2.56. The number of hydrogen-bond acceptors (Lipinski definition) is 4. The highest BCUT2D eigenvalue weighted by Gasteiger charge is 2.31. The first-order chi connectivity index (χ1) is 16.8. The summed E-state index contributed by atoms with van der Waals surface area (Å²) in [4.78, 5) is 27.9. The third kappa shape index (κ3) is 6.93. The molecule has 36 heavy (non-hydrogen) atoms. The van der Waals surface area contributed by atoms with Gasteiger partial charge in [-0.2, -0.15) is 4.31 Å². The minimum Gasteiger partial charge on any atom is -0.350 e. The molecular weight excluding hydrogens is 542 g/mol. The van der Waals surface area contributed by atoms with Crippen molar-refractivity contribution in [1.82, 2.24) is 14.5 Å². The summed E-state index contributed by atoms with van der Waals surface area (Å²) in [5.74, 6) is -0.788. The molecule has 0 saturated carbocycles. The molecule has 1 N–H and O–H groups in total. The molecule has 192 valence electrons. The Kier molecular flexibility index (Phi) is 8.59. The zero-order chi connectivity index (χ0) is 26.7. The minimum absolute atomic E-state index is 0.105. The van der Waals surface area contributed by atoms with Crippen molar-refractivity contribution in [3.63, 3.8) is 0 Å². The second kappa shape index (κ2) is 11.1. The van der Waals surface area contributed by atoms with Crippen LogP contribution in [0.1, 0.15) is 33.3 Å². The van der Waals surface area contributed by atoms with E-state index in [4.69, 9.17) is 0 Å². The standard InChI is InChI=1S/C27H32BrN3O4S/c1-19(26(33)29-27(2,3)4)31(17-20-9-8-12-23(28)15-20)25(32)18-30(5)36(34,35)24-14-13-21-10-6-7-11-22(21)16-24/h6-16,19H,17-18H2,1-5H3,(H,29,33)/t19-/m0/s1. The zero-order valence-electron chi connectivity index (χ0n) is 21.2. The van der Waals surface area contributed by atoms with E-state index in [1.807, 2.05) is 69.3 Å². The smallest absolute Gasteiger partial charge is 0.243 e. The van der Waals surface area contributed by atoms with Crippen LogP contribution in [0.25, 0.3) is 10.8 Å². The summed E-state index contributed by atoms with van der Waals surface area (Å²) in [5, 5.41) is 4.62. The quantitative estimate of drug-likeness (QED) is 0.428. The largest absolute Gasteiger partial charge is 0.350 e. The lowest BCUT2D eigenvalue weighted by molar-refractivity contribution is -0.141. The van der Waals surface area contributed by atoms with Crippen molar-refractivity contribution in [3.05, 3.63) is 76.8 Å². The van der Waals surface area contributed by atoms with E-state index in [2.05, 4.69) is 21.2 Å². The second-order valence-corrected chi connectivity index (χ2v) is 12.8. The van der Waals surface area contributed by atoms with E-state index in [0.29, 0.717) is 0 Å². The van der Waals surface area contributed by atoms with Crippen molar-refractivity contribution in [3.8, 4) is 0 Å². The Labute approximate surface area is 221 Å². The van der Waals surface area contributed by atoms with Crippen LogP contribution >= 0.6 is 15.9 Å². The summed E-state index contributed by atoms with van der Waals surface area (Å²) in [6.45, 7) is 6.98. The summed E-state index contributed by atoms with van der Waals surface area (Å²) >= 11 is 3.43. The first-order valence-corrected chi connectivity index (χ1v) is 13.8. The molecule has 0 aliphatic rings. The van der Waals surface area contributed by atoms with Gasteiger partial charge in [0.05, 0.1) is 11.4 Å². The number of halogens is 1. The number of nitrogens with zero attached hydrogens (tertiary/aromatic N) is 2. The van der Waals surface area contributed by atoms with E-state index >= 15 is 0 Å². The average Bonchev–Trinajstić information content (AvgIpc) is 2.80. The minimum atomic E-state index is -3.94. The van der Waals surface area contributed by atoms with Gasteiger partial charge < -0.3 is 10.2 Å². The van der Waals surface area contributed by atoms with Gasteiger partial charge in [0, 0.05) is 23.6 Å². The average molecular weight is 575 g/mol. The molecule has 0 spiro atoms. The van der Waals surface area contributed by atoms with Crippen LogP contribution in [0.3, 0.4) is 0 Å². The Morgan fingerprint density at radius 3 is 2.28 bits per heavy atom. The Balaban J connectivity index is 1.86. The van der Waals surface area contributed by atoms with Crippen molar-refractivity contribution in [1.29, 1.82) is 0 Å². The molecule has 0 aliphatic heterocycles. The van der Waals surface area contributed by atoms with Gasteiger partial charge in [-0.15, -0.1) is 0 Å². The monoisotopic (exact) mass is 573 g/mol. The number of amides is 2. The van der Waals surface area contributed by atoms with E-state index < -0.39 is 34.1 Å². The molecule has 0 fully saturated rings. The number of rotatable bonds is 8. The lowest BCUT2D eigenvalue weighted by atomic mass is 10.1. The zero-order valence-corrected chi connectivity index (χ0v) is 23.6. The molecule has 7 nitrogen and oxygen atoms in total. The molecule has 0 aromatic heterocycles. The van der Waals surface area contributed by atoms with E-state index in [1.165, 1.54) is 18.0 Å². The number of benzene rings is 3. The Bertz CT molecular complexity index is 1370. The number of likely N-dealkylation sites (N-methyl/N-ethyl adjacent to an activating group) is 1. The third-order valence-electron chi connectivity index (χ3n) is 5.69. The highest BCUT2D eigenvalue weighted by atomic mass is 79.9. The summed E-state index contributed by atoms with van der Waals surface area (Å²) in [5.41, 5.74) is 0.333. The third-order valence-corrected chi connectivity index (χ3v) is 7.99. The second-order valence-electron chi connectivity index (χ2n) is 9.84. The first-order valence-electron chi connectivity index (χ1n) is 11.6. The maximum atomic E-state index is 13.5. The van der Waals surface area contributed by atoms with Gasteiger partial charge in [-0.3, -0.25) is 9.59 Å². The number of sulfonamides is 1. The number of carbonyl (C=O) groups excluding carboxylic acids is 2. The first kappa shape index (κ1) is 27.8. The molecule has 0 aliphatic carbocycles. The predicted molar refractivity (Wildman–Crippen MR) is 146 cm³/mol. The SMILES string of the molecule is C[C@@H](C(=O)NC(C)(C)C)N(Cc1cccc(Br)c1)C(=O)CN(C)S(=O)(=O)c1ccc2ccccc2c1. The van der Waals surface area contributed by atoms with Gasteiger partial charge in [0.1, 0.15) is 6.04 Å². The van der Waals surface area contributed by atoms with Gasteiger partial charge in [0.2, 0.25) is 21.8 Å². The highest BCUT2D eigenvalue weighted by Crippen LogP contribution is 2.22. The Morgan fingerprint density at radius 2 is 1.64 bits per heavy atom. The lowest BCUT2D eigenvalue weighted by Gasteiger charge is -2.32. The molecule has 0 bridgehead atoms. The van der Waals surface area contributed by atoms with E-state index in [0.717, 1.165) is 25.1 Å². The number of hydrogen-bond donors (Lipinski definition) is 1. The van der Waals surface area contributed by atoms with E-state index in [9.17, 15) is 18.0 Å². The van der Waals surface area contributed by atoms with Gasteiger partial charge in [-0.05, 0) is 68.3 Å². The molecule has 2 amide bonds. The highest BCUT2D eigenvalue weighted by molar-refractivity contribution is 9.10. The van der Waals surface area contributed by atoms with Crippen LogP contribution < -0.4 is 5.32 Å². The fraction of sp³-hybridized carbons (Fsp3) is 0.333. The topological polar surface area (TPSA) is 86.8 Å². The number of fused-ring (bicyclic) bond motifs is 1. The molecule has 3 rings (SSSR count). The van der Waals surface area contributed by atoms with Crippen LogP contribution in [0.15, 0.2) is 76.1 Å². The number of carbonyl (C=O) groups is 2. The van der Waals surface area contributed by atoms with Crippen LogP contribution in [0.2, 0.25) is 0 Å². The maximum Gasteiger partial charge on any atom is 0.243 e. The van der Waals surface area contributed by atoms with E-state index in [-0.39, 0.29) is 17.3 Å². The fourth-order valence-corrected chi connectivity index (χ4v) is 5.37. The molecule has 1 atom stereocenters. The fourth-order valence-electron chi connectivity index (χ4n) is 3.76. The van der Waals surface area contributed by atoms with Gasteiger partial charge in [-0.25, -0.2) is 8.42 Å². The van der Waals surface area contributed by atoms with Gasteiger partial charge >= 0.3 is 0 Å². The molecule has 9 heteroatoms. The Hall–Kier alpha value is -2.75. The van der Waals surface area contributed by atoms with Crippen LogP contribution in [0.5, 0.6) is 0 Å². The van der Waals surface area contributed by atoms with Gasteiger partial charge in [0.25, 0.3) is 0 Å². The molecule has 0 radical (unpaired) electrons. The van der Waals surface area contributed by atoms with Gasteiger partial charge in [-0.1, -0.05) is 58.4 Å². The van der Waals surface area contributed by atoms with E-state index in [1.54, 1.807) is 19.1 Å². The van der Waals surface area contributed by atoms with Crippen molar-refractivity contribution in [2.24, 2.45) is 0 Å². The molecular formula is C27H32BrN3O4S. The summed E-state index contributed by atoms with van der Waals surface area (Å²) in [6, 6.07) is 19.0. The predicted octanol–water partition coefficient (Wildman–Crippen LogP) is 4.55. The van der Waals surface area contributed by atoms with Crippen LogP contribution in [-0.4, -0.2) is 54.6 Å². The normalized spacial score (nSPS) is 13.0. The molecule has 0 unspecified atom stereocenters.